The molecule has 0 amide bonds. The van der Waals surface area contributed by atoms with Crippen molar-refractivity contribution in [3.63, 3.8) is 0 Å². The minimum Gasteiger partial charge on any atom is -0.299 e. The van der Waals surface area contributed by atoms with Crippen LogP contribution in [0.2, 0.25) is 0 Å². The second kappa shape index (κ2) is 5.21. The number of piperidine rings is 1. The summed E-state index contributed by atoms with van der Waals surface area (Å²) in [6.45, 7) is 0.577. The second-order valence-corrected chi connectivity index (χ2v) is 4.91. The van der Waals surface area contributed by atoms with Crippen molar-refractivity contribution in [3.8, 4) is 0 Å². The molecular weight excluding hydrogens is 212 g/mol. The Labute approximate surface area is 95.0 Å². The maximum atomic E-state index is 12.5. The number of hydrogen-bond acceptors (Lipinski definition) is 2. The predicted octanol–water partition coefficient (Wildman–Crippen LogP) is 2.48. The Kier molecular flexibility index (Phi) is 3.90. The minimum absolute atomic E-state index is 0.0408. The maximum Gasteiger partial charge on any atom is 0.251 e. The topological polar surface area (TPSA) is 20.3 Å². The van der Waals surface area contributed by atoms with Crippen LogP contribution in [0.4, 0.5) is 8.78 Å². The lowest BCUT2D eigenvalue weighted by Gasteiger charge is -2.38. The van der Waals surface area contributed by atoms with Crippen LogP contribution in [-0.2, 0) is 4.79 Å². The summed E-state index contributed by atoms with van der Waals surface area (Å²) in [6.07, 6.45) is 3.22. The van der Waals surface area contributed by atoms with Gasteiger partial charge in [0, 0.05) is 18.4 Å². The van der Waals surface area contributed by atoms with Crippen molar-refractivity contribution < 1.29 is 13.6 Å². The lowest BCUT2D eigenvalue weighted by atomic mass is 9.88. The maximum absolute atomic E-state index is 12.5. The highest BCUT2D eigenvalue weighted by Gasteiger charge is 2.37. The Bertz CT molecular complexity index is 257. The summed E-state index contributed by atoms with van der Waals surface area (Å²) in [7, 11) is 0. The summed E-state index contributed by atoms with van der Waals surface area (Å²) in [4.78, 5) is 13.5. The number of rotatable bonds is 3. The van der Waals surface area contributed by atoms with E-state index in [4.69, 9.17) is 0 Å². The van der Waals surface area contributed by atoms with E-state index in [1.165, 1.54) is 0 Å². The van der Waals surface area contributed by atoms with E-state index in [1.807, 2.05) is 4.90 Å². The van der Waals surface area contributed by atoms with E-state index >= 15 is 0 Å². The number of hydrogen-bond donors (Lipinski definition) is 0. The molecule has 92 valence electrons. The molecule has 1 aliphatic heterocycles. The number of Topliss-reactive ketones (excluding diaryl/α,β-unsaturated/α-hetero) is 1. The van der Waals surface area contributed by atoms with Gasteiger partial charge in [0.2, 0.25) is 0 Å². The molecule has 2 atom stereocenters. The van der Waals surface area contributed by atoms with Crippen LogP contribution in [0, 0.1) is 5.92 Å². The summed E-state index contributed by atoms with van der Waals surface area (Å²) in [5, 5.41) is 0. The van der Waals surface area contributed by atoms with Gasteiger partial charge in [0.05, 0.1) is 6.54 Å². The summed E-state index contributed by atoms with van der Waals surface area (Å²) in [6, 6.07) is 0.0951. The van der Waals surface area contributed by atoms with Gasteiger partial charge in [-0.2, -0.15) is 0 Å². The minimum atomic E-state index is -2.28. The first-order valence-corrected chi connectivity index (χ1v) is 6.23. The molecule has 0 aromatic carbocycles. The van der Waals surface area contributed by atoms with Gasteiger partial charge in [-0.1, -0.05) is 6.42 Å². The Balaban J connectivity index is 2.00. The molecule has 0 bridgehead atoms. The molecule has 0 spiro atoms. The molecule has 2 nitrogen and oxygen atoms in total. The fourth-order valence-electron chi connectivity index (χ4n) is 3.13. The molecule has 1 saturated heterocycles. The summed E-state index contributed by atoms with van der Waals surface area (Å²) < 4.78 is 24.9. The number of likely N-dealkylation sites (tertiary alicyclic amines) is 1. The fraction of sp³-hybridized carbons (Fsp3) is 0.917. The van der Waals surface area contributed by atoms with Gasteiger partial charge in [0.15, 0.2) is 0 Å². The SMILES string of the molecule is O=C1CCCC1C1CCCCN1CC(F)F. The molecule has 16 heavy (non-hydrogen) atoms. The normalized spacial score (nSPS) is 32.6. The molecule has 1 saturated carbocycles. The lowest BCUT2D eigenvalue weighted by molar-refractivity contribution is -0.123. The van der Waals surface area contributed by atoms with Crippen molar-refractivity contribution in [3.05, 3.63) is 0 Å². The zero-order valence-electron chi connectivity index (χ0n) is 9.50. The van der Waals surface area contributed by atoms with Gasteiger partial charge >= 0.3 is 0 Å². The van der Waals surface area contributed by atoms with Gasteiger partial charge in [-0.15, -0.1) is 0 Å². The van der Waals surface area contributed by atoms with E-state index in [0.717, 1.165) is 38.6 Å². The number of alkyl halides is 2. The highest BCUT2D eigenvalue weighted by Crippen LogP contribution is 2.32. The highest BCUT2D eigenvalue weighted by molar-refractivity contribution is 5.83. The lowest BCUT2D eigenvalue weighted by Crippen LogP contribution is -2.47. The van der Waals surface area contributed by atoms with Crippen LogP contribution in [0.3, 0.4) is 0 Å². The number of carbonyl (C=O) groups excluding carboxylic acids is 1. The van der Waals surface area contributed by atoms with E-state index in [2.05, 4.69) is 0 Å². The standard InChI is InChI=1S/C12H19F2NO/c13-12(14)8-15-7-2-1-5-10(15)9-4-3-6-11(9)16/h9-10,12H,1-8H2. The number of carbonyl (C=O) groups is 1. The molecule has 2 unspecified atom stereocenters. The van der Waals surface area contributed by atoms with Crippen LogP contribution in [0.1, 0.15) is 38.5 Å². The molecule has 2 fully saturated rings. The Morgan fingerprint density at radius 2 is 2.06 bits per heavy atom. The van der Waals surface area contributed by atoms with Crippen LogP contribution in [0.5, 0.6) is 0 Å². The van der Waals surface area contributed by atoms with Crippen LogP contribution in [-0.4, -0.2) is 36.2 Å². The van der Waals surface area contributed by atoms with Crippen molar-refractivity contribution in [1.29, 1.82) is 0 Å². The average Bonchev–Trinajstić information content (AvgIpc) is 2.64. The van der Waals surface area contributed by atoms with Gasteiger partial charge in [0.1, 0.15) is 5.78 Å². The van der Waals surface area contributed by atoms with Crippen LogP contribution >= 0.6 is 0 Å². The summed E-state index contributed by atoms with van der Waals surface area (Å²) >= 11 is 0. The molecular formula is C12H19F2NO. The van der Waals surface area contributed by atoms with Gasteiger partial charge < -0.3 is 0 Å². The number of ketones is 1. The van der Waals surface area contributed by atoms with Crippen LogP contribution in [0.15, 0.2) is 0 Å². The predicted molar refractivity (Wildman–Crippen MR) is 57.6 cm³/mol. The fourth-order valence-corrected chi connectivity index (χ4v) is 3.13. The van der Waals surface area contributed by atoms with Crippen LogP contribution < -0.4 is 0 Å². The molecule has 2 aliphatic rings. The molecule has 4 heteroatoms. The number of nitrogens with zero attached hydrogens (tertiary/aromatic N) is 1. The Morgan fingerprint density at radius 3 is 2.69 bits per heavy atom. The van der Waals surface area contributed by atoms with E-state index in [-0.39, 0.29) is 18.5 Å². The quantitative estimate of drug-likeness (QED) is 0.743. The van der Waals surface area contributed by atoms with Crippen molar-refractivity contribution >= 4 is 5.78 Å². The first-order chi connectivity index (χ1) is 7.68. The van der Waals surface area contributed by atoms with Crippen molar-refractivity contribution in [2.75, 3.05) is 13.1 Å². The van der Waals surface area contributed by atoms with Crippen molar-refractivity contribution in [2.45, 2.75) is 51.0 Å². The first-order valence-electron chi connectivity index (χ1n) is 6.23. The third-order valence-corrected chi connectivity index (χ3v) is 3.85. The average molecular weight is 231 g/mol. The third-order valence-electron chi connectivity index (χ3n) is 3.85. The van der Waals surface area contributed by atoms with E-state index < -0.39 is 6.43 Å². The largest absolute Gasteiger partial charge is 0.299 e. The smallest absolute Gasteiger partial charge is 0.251 e. The second-order valence-electron chi connectivity index (χ2n) is 4.91. The highest BCUT2D eigenvalue weighted by atomic mass is 19.3. The molecule has 0 aromatic rings. The zero-order valence-corrected chi connectivity index (χ0v) is 9.50. The molecule has 0 aromatic heterocycles. The van der Waals surface area contributed by atoms with E-state index in [9.17, 15) is 13.6 Å². The van der Waals surface area contributed by atoms with Gasteiger partial charge in [-0.3, -0.25) is 9.69 Å². The van der Waals surface area contributed by atoms with Gasteiger partial charge in [-0.05, 0) is 32.2 Å². The molecule has 2 rings (SSSR count). The first kappa shape index (κ1) is 12.0. The van der Waals surface area contributed by atoms with E-state index in [0.29, 0.717) is 12.2 Å². The zero-order chi connectivity index (χ0) is 11.5. The van der Waals surface area contributed by atoms with Crippen LogP contribution in [0.25, 0.3) is 0 Å². The molecule has 1 heterocycles. The van der Waals surface area contributed by atoms with E-state index in [1.54, 1.807) is 0 Å². The van der Waals surface area contributed by atoms with Gasteiger partial charge in [-0.25, -0.2) is 8.78 Å². The Hall–Kier alpha value is -0.510. The Morgan fingerprint density at radius 1 is 1.25 bits per heavy atom. The molecule has 1 aliphatic carbocycles. The summed E-state index contributed by atoms with van der Waals surface area (Å²) in [5.74, 6) is 0.338. The monoisotopic (exact) mass is 231 g/mol. The third kappa shape index (κ3) is 2.59. The molecule has 0 radical (unpaired) electrons. The number of halogens is 2. The molecule has 0 N–H and O–H groups in total. The van der Waals surface area contributed by atoms with Crippen molar-refractivity contribution in [2.24, 2.45) is 5.92 Å². The van der Waals surface area contributed by atoms with Crippen molar-refractivity contribution in [1.82, 2.24) is 4.90 Å². The van der Waals surface area contributed by atoms with Gasteiger partial charge in [0.25, 0.3) is 6.43 Å². The summed E-state index contributed by atoms with van der Waals surface area (Å²) in [5.41, 5.74) is 0.